The molecule has 1 amide bonds. The van der Waals surface area contributed by atoms with Gasteiger partial charge in [0.05, 0.1) is 11.9 Å². The van der Waals surface area contributed by atoms with E-state index in [4.69, 9.17) is 0 Å². The minimum Gasteiger partial charge on any atom is -0.324 e. The lowest BCUT2D eigenvalue weighted by atomic mass is 9.90. The summed E-state index contributed by atoms with van der Waals surface area (Å²) in [5.74, 6) is 0.357. The van der Waals surface area contributed by atoms with Crippen LogP contribution in [0.25, 0.3) is 0 Å². The van der Waals surface area contributed by atoms with Gasteiger partial charge in [-0.25, -0.2) is 0 Å². The SMILES string of the molecule is Cc1cncc(NC(=O)C2CCCCCCC2)c1. The smallest absolute Gasteiger partial charge is 0.227 e. The molecular weight excluding hydrogens is 224 g/mol. The summed E-state index contributed by atoms with van der Waals surface area (Å²) in [6.45, 7) is 1.98. The van der Waals surface area contributed by atoms with Gasteiger partial charge in [-0.3, -0.25) is 9.78 Å². The highest BCUT2D eigenvalue weighted by atomic mass is 16.1. The third-order valence-electron chi connectivity index (χ3n) is 3.62. The van der Waals surface area contributed by atoms with Crippen LogP contribution in [0.2, 0.25) is 0 Å². The standard InChI is InChI=1S/C15H22N2O/c1-12-9-14(11-16-10-12)17-15(18)13-7-5-3-2-4-6-8-13/h9-11,13H,2-8H2,1H3,(H,17,18). The number of carbonyl (C=O) groups is 1. The second-order valence-electron chi connectivity index (χ2n) is 5.28. The zero-order chi connectivity index (χ0) is 12.8. The Labute approximate surface area is 109 Å². The second kappa shape index (κ2) is 6.53. The molecule has 1 heterocycles. The number of carbonyl (C=O) groups excluding carboxylic acids is 1. The highest BCUT2D eigenvalue weighted by Gasteiger charge is 2.19. The molecule has 3 nitrogen and oxygen atoms in total. The molecule has 0 aliphatic heterocycles. The fourth-order valence-corrected chi connectivity index (χ4v) is 2.59. The van der Waals surface area contributed by atoms with Crippen LogP contribution in [0.15, 0.2) is 18.5 Å². The van der Waals surface area contributed by atoms with E-state index in [9.17, 15) is 4.79 Å². The normalized spacial score (nSPS) is 17.8. The summed E-state index contributed by atoms with van der Waals surface area (Å²) in [6.07, 6.45) is 11.8. The van der Waals surface area contributed by atoms with Gasteiger partial charge in [0.2, 0.25) is 5.91 Å². The minimum absolute atomic E-state index is 0.171. The monoisotopic (exact) mass is 246 g/mol. The third-order valence-corrected chi connectivity index (χ3v) is 3.62. The van der Waals surface area contributed by atoms with Crippen molar-refractivity contribution >= 4 is 11.6 Å². The van der Waals surface area contributed by atoms with Crippen LogP contribution in [0.5, 0.6) is 0 Å². The average molecular weight is 246 g/mol. The van der Waals surface area contributed by atoms with Crippen LogP contribution in [0.4, 0.5) is 5.69 Å². The molecule has 98 valence electrons. The molecule has 0 atom stereocenters. The van der Waals surface area contributed by atoms with E-state index in [0.717, 1.165) is 24.1 Å². The number of amides is 1. The first-order valence-electron chi connectivity index (χ1n) is 6.98. The molecule has 1 aliphatic carbocycles. The number of anilines is 1. The van der Waals surface area contributed by atoms with Gasteiger partial charge in [0.25, 0.3) is 0 Å². The Balaban J connectivity index is 1.93. The lowest BCUT2D eigenvalue weighted by molar-refractivity contribution is -0.120. The van der Waals surface area contributed by atoms with E-state index in [0.29, 0.717) is 0 Å². The van der Waals surface area contributed by atoms with Crippen molar-refractivity contribution in [2.45, 2.75) is 51.9 Å². The lowest BCUT2D eigenvalue weighted by Crippen LogP contribution is -2.23. The van der Waals surface area contributed by atoms with E-state index < -0.39 is 0 Å². The zero-order valence-electron chi connectivity index (χ0n) is 11.1. The molecule has 18 heavy (non-hydrogen) atoms. The fourth-order valence-electron chi connectivity index (χ4n) is 2.59. The predicted octanol–water partition coefficient (Wildman–Crippen LogP) is 3.69. The van der Waals surface area contributed by atoms with Crippen molar-refractivity contribution in [3.05, 3.63) is 24.0 Å². The Morgan fingerprint density at radius 3 is 2.50 bits per heavy atom. The van der Waals surface area contributed by atoms with E-state index in [-0.39, 0.29) is 11.8 Å². The molecule has 0 saturated heterocycles. The van der Waals surface area contributed by atoms with E-state index in [1.165, 1.54) is 32.1 Å². The number of rotatable bonds is 2. The van der Waals surface area contributed by atoms with Gasteiger partial charge in [0, 0.05) is 12.1 Å². The maximum Gasteiger partial charge on any atom is 0.227 e. The molecule has 1 aromatic heterocycles. The van der Waals surface area contributed by atoms with E-state index in [1.807, 2.05) is 13.0 Å². The first-order chi connectivity index (χ1) is 8.75. The first-order valence-corrected chi connectivity index (χ1v) is 6.98. The number of aryl methyl sites for hydroxylation is 1. The van der Waals surface area contributed by atoms with Crippen LogP contribution in [-0.2, 0) is 4.79 Å². The van der Waals surface area contributed by atoms with Crippen LogP contribution in [0, 0.1) is 12.8 Å². The Morgan fingerprint density at radius 2 is 1.83 bits per heavy atom. The fraction of sp³-hybridized carbons (Fsp3) is 0.600. The Kier molecular flexibility index (Phi) is 4.73. The highest BCUT2D eigenvalue weighted by molar-refractivity contribution is 5.92. The largest absolute Gasteiger partial charge is 0.324 e. The van der Waals surface area contributed by atoms with Crippen LogP contribution in [0.3, 0.4) is 0 Å². The summed E-state index contributed by atoms with van der Waals surface area (Å²) in [5.41, 5.74) is 1.90. The van der Waals surface area contributed by atoms with Crippen molar-refractivity contribution in [3.63, 3.8) is 0 Å². The second-order valence-corrected chi connectivity index (χ2v) is 5.28. The molecule has 3 heteroatoms. The molecule has 1 aromatic rings. The van der Waals surface area contributed by atoms with Crippen molar-refractivity contribution in [3.8, 4) is 0 Å². The molecule has 0 radical (unpaired) electrons. The quantitative estimate of drug-likeness (QED) is 0.864. The van der Waals surface area contributed by atoms with Crippen molar-refractivity contribution in [2.24, 2.45) is 5.92 Å². The average Bonchev–Trinajstić information content (AvgIpc) is 2.28. The van der Waals surface area contributed by atoms with Gasteiger partial charge in [-0.05, 0) is 31.4 Å². The van der Waals surface area contributed by atoms with Crippen molar-refractivity contribution in [2.75, 3.05) is 5.32 Å². The molecule has 2 rings (SSSR count). The predicted molar refractivity (Wildman–Crippen MR) is 73.4 cm³/mol. The topological polar surface area (TPSA) is 42.0 Å². The highest BCUT2D eigenvalue weighted by Crippen LogP contribution is 2.23. The summed E-state index contributed by atoms with van der Waals surface area (Å²) in [4.78, 5) is 16.3. The lowest BCUT2D eigenvalue weighted by Gasteiger charge is -2.19. The van der Waals surface area contributed by atoms with Gasteiger partial charge in [-0.15, -0.1) is 0 Å². The van der Waals surface area contributed by atoms with Crippen LogP contribution >= 0.6 is 0 Å². The Hall–Kier alpha value is -1.38. The van der Waals surface area contributed by atoms with Crippen LogP contribution in [0.1, 0.15) is 50.5 Å². The van der Waals surface area contributed by atoms with Crippen molar-refractivity contribution < 1.29 is 4.79 Å². The Bertz CT molecular complexity index is 395. The van der Waals surface area contributed by atoms with Crippen LogP contribution < -0.4 is 5.32 Å². The molecular formula is C15H22N2O. The summed E-state index contributed by atoms with van der Waals surface area (Å²) in [7, 11) is 0. The van der Waals surface area contributed by atoms with Gasteiger partial charge in [0.15, 0.2) is 0 Å². The number of nitrogens with one attached hydrogen (secondary N) is 1. The van der Waals surface area contributed by atoms with E-state index in [1.54, 1.807) is 12.4 Å². The minimum atomic E-state index is 0.171. The molecule has 0 aromatic carbocycles. The van der Waals surface area contributed by atoms with Gasteiger partial charge >= 0.3 is 0 Å². The van der Waals surface area contributed by atoms with Crippen LogP contribution in [-0.4, -0.2) is 10.9 Å². The number of nitrogens with zero attached hydrogens (tertiary/aromatic N) is 1. The molecule has 0 spiro atoms. The van der Waals surface area contributed by atoms with Gasteiger partial charge in [-0.1, -0.05) is 32.1 Å². The van der Waals surface area contributed by atoms with Crippen molar-refractivity contribution in [1.29, 1.82) is 0 Å². The summed E-state index contributed by atoms with van der Waals surface area (Å²) in [6, 6.07) is 1.97. The summed E-state index contributed by atoms with van der Waals surface area (Å²) in [5, 5.41) is 3.00. The number of aromatic nitrogens is 1. The Morgan fingerprint density at radius 1 is 1.17 bits per heavy atom. The molecule has 1 aliphatic rings. The molecule has 1 fully saturated rings. The zero-order valence-corrected chi connectivity index (χ0v) is 11.1. The molecule has 1 N–H and O–H groups in total. The number of hydrogen-bond donors (Lipinski definition) is 1. The summed E-state index contributed by atoms with van der Waals surface area (Å²) < 4.78 is 0. The molecule has 0 unspecified atom stereocenters. The first kappa shape index (κ1) is 13.1. The van der Waals surface area contributed by atoms with E-state index in [2.05, 4.69) is 10.3 Å². The third kappa shape index (κ3) is 3.83. The van der Waals surface area contributed by atoms with E-state index >= 15 is 0 Å². The van der Waals surface area contributed by atoms with Crippen molar-refractivity contribution in [1.82, 2.24) is 4.98 Å². The van der Waals surface area contributed by atoms with Gasteiger partial charge in [-0.2, -0.15) is 0 Å². The maximum absolute atomic E-state index is 12.2. The number of pyridine rings is 1. The maximum atomic E-state index is 12.2. The molecule has 0 bridgehead atoms. The van der Waals surface area contributed by atoms with Gasteiger partial charge in [0.1, 0.15) is 0 Å². The summed E-state index contributed by atoms with van der Waals surface area (Å²) >= 11 is 0. The van der Waals surface area contributed by atoms with Gasteiger partial charge < -0.3 is 5.32 Å². The number of hydrogen-bond acceptors (Lipinski definition) is 2. The molecule has 1 saturated carbocycles.